The molecule has 98 valence electrons. The van der Waals surface area contributed by atoms with E-state index in [9.17, 15) is 9.90 Å². The van der Waals surface area contributed by atoms with Crippen molar-refractivity contribution in [3.8, 4) is 0 Å². The largest absolute Gasteiger partial charge is 0.391 e. The first-order chi connectivity index (χ1) is 8.18. The first-order valence-electron chi connectivity index (χ1n) is 7.09. The zero-order chi connectivity index (χ0) is 12.3. The van der Waals surface area contributed by atoms with E-state index in [1.807, 2.05) is 7.05 Å². The SMILES string of the molecule is CN(CC(=O)C1CCCC1)C1CCCCC1O. The fourth-order valence-electron chi connectivity index (χ4n) is 3.35. The molecule has 2 aliphatic rings. The van der Waals surface area contributed by atoms with Gasteiger partial charge in [-0.3, -0.25) is 9.69 Å². The fraction of sp³-hybridized carbons (Fsp3) is 0.929. The van der Waals surface area contributed by atoms with Crippen LogP contribution in [0, 0.1) is 5.92 Å². The molecule has 2 unspecified atom stereocenters. The highest BCUT2D eigenvalue weighted by molar-refractivity contribution is 5.83. The van der Waals surface area contributed by atoms with Crippen molar-refractivity contribution < 1.29 is 9.90 Å². The van der Waals surface area contributed by atoms with Crippen molar-refractivity contribution in [2.75, 3.05) is 13.6 Å². The summed E-state index contributed by atoms with van der Waals surface area (Å²) in [6.45, 7) is 0.534. The number of hydrogen-bond acceptors (Lipinski definition) is 3. The summed E-state index contributed by atoms with van der Waals surface area (Å²) in [5.74, 6) is 0.695. The van der Waals surface area contributed by atoms with Crippen molar-refractivity contribution in [1.29, 1.82) is 0 Å². The molecule has 2 aliphatic carbocycles. The lowest BCUT2D eigenvalue weighted by atomic mass is 9.91. The van der Waals surface area contributed by atoms with Crippen molar-refractivity contribution >= 4 is 5.78 Å². The number of aliphatic hydroxyl groups excluding tert-OH is 1. The molecular formula is C14H25NO2. The molecule has 1 N–H and O–H groups in total. The van der Waals surface area contributed by atoms with E-state index in [0.717, 1.165) is 32.1 Å². The van der Waals surface area contributed by atoms with Crippen LogP contribution in [-0.4, -0.2) is 41.5 Å². The van der Waals surface area contributed by atoms with Crippen LogP contribution in [0.15, 0.2) is 0 Å². The second-order valence-corrected chi connectivity index (χ2v) is 5.78. The standard InChI is InChI=1S/C14H25NO2/c1-15(12-8-4-5-9-13(12)16)10-14(17)11-6-2-3-7-11/h11-13,16H,2-10H2,1H3. The van der Waals surface area contributed by atoms with E-state index in [1.165, 1.54) is 19.3 Å². The number of nitrogens with zero attached hydrogens (tertiary/aromatic N) is 1. The number of carbonyl (C=O) groups excluding carboxylic acids is 1. The third-order valence-electron chi connectivity index (χ3n) is 4.48. The summed E-state index contributed by atoms with van der Waals surface area (Å²) in [5.41, 5.74) is 0. The second kappa shape index (κ2) is 5.96. The summed E-state index contributed by atoms with van der Waals surface area (Å²) < 4.78 is 0. The molecule has 17 heavy (non-hydrogen) atoms. The zero-order valence-electron chi connectivity index (χ0n) is 10.9. The number of hydrogen-bond donors (Lipinski definition) is 1. The van der Waals surface area contributed by atoms with Crippen molar-refractivity contribution in [2.24, 2.45) is 5.92 Å². The van der Waals surface area contributed by atoms with Gasteiger partial charge in [-0.05, 0) is 32.7 Å². The van der Waals surface area contributed by atoms with Gasteiger partial charge in [-0.15, -0.1) is 0 Å². The van der Waals surface area contributed by atoms with E-state index in [2.05, 4.69) is 4.90 Å². The van der Waals surface area contributed by atoms with Crippen LogP contribution >= 0.6 is 0 Å². The molecule has 2 fully saturated rings. The number of carbonyl (C=O) groups is 1. The Morgan fingerprint density at radius 1 is 1.12 bits per heavy atom. The Morgan fingerprint density at radius 2 is 1.71 bits per heavy atom. The number of ketones is 1. The molecule has 0 saturated heterocycles. The molecule has 3 nitrogen and oxygen atoms in total. The van der Waals surface area contributed by atoms with Crippen molar-refractivity contribution in [1.82, 2.24) is 4.90 Å². The topological polar surface area (TPSA) is 40.5 Å². The lowest BCUT2D eigenvalue weighted by Gasteiger charge is -2.35. The average Bonchev–Trinajstić information content (AvgIpc) is 2.82. The second-order valence-electron chi connectivity index (χ2n) is 5.78. The number of Topliss-reactive ketones (excluding diaryl/α,β-unsaturated/α-hetero) is 1. The molecule has 2 saturated carbocycles. The van der Waals surface area contributed by atoms with E-state index >= 15 is 0 Å². The van der Waals surface area contributed by atoms with Gasteiger partial charge in [-0.2, -0.15) is 0 Å². The first-order valence-corrected chi connectivity index (χ1v) is 7.09. The van der Waals surface area contributed by atoms with Gasteiger partial charge in [0.1, 0.15) is 5.78 Å². The average molecular weight is 239 g/mol. The molecule has 3 heteroatoms. The molecule has 0 heterocycles. The maximum Gasteiger partial charge on any atom is 0.149 e. The monoisotopic (exact) mass is 239 g/mol. The minimum Gasteiger partial charge on any atom is -0.391 e. The van der Waals surface area contributed by atoms with Gasteiger partial charge in [-0.1, -0.05) is 25.7 Å². The molecule has 0 aromatic carbocycles. The van der Waals surface area contributed by atoms with Gasteiger partial charge >= 0.3 is 0 Å². The van der Waals surface area contributed by atoms with Gasteiger partial charge in [0.15, 0.2) is 0 Å². The van der Waals surface area contributed by atoms with E-state index in [4.69, 9.17) is 0 Å². The Balaban J connectivity index is 1.82. The molecule has 0 bridgehead atoms. The summed E-state index contributed by atoms with van der Waals surface area (Å²) in [5, 5.41) is 9.96. The van der Waals surface area contributed by atoms with Crippen LogP contribution in [0.4, 0.5) is 0 Å². The van der Waals surface area contributed by atoms with E-state index < -0.39 is 0 Å². The zero-order valence-corrected chi connectivity index (χ0v) is 10.9. The van der Waals surface area contributed by atoms with Gasteiger partial charge in [0.05, 0.1) is 12.6 Å². The minimum absolute atomic E-state index is 0.203. The van der Waals surface area contributed by atoms with Gasteiger partial charge in [0, 0.05) is 12.0 Å². The maximum atomic E-state index is 12.1. The first kappa shape index (κ1) is 13.0. The molecule has 0 aromatic heterocycles. The van der Waals surface area contributed by atoms with Gasteiger partial charge in [-0.25, -0.2) is 0 Å². The van der Waals surface area contributed by atoms with Crippen LogP contribution in [0.2, 0.25) is 0 Å². The molecule has 0 aliphatic heterocycles. The third kappa shape index (κ3) is 3.29. The highest BCUT2D eigenvalue weighted by Gasteiger charge is 2.30. The molecular weight excluding hydrogens is 214 g/mol. The summed E-state index contributed by atoms with van der Waals surface area (Å²) in [6, 6.07) is 0.203. The smallest absolute Gasteiger partial charge is 0.149 e. The Bertz CT molecular complexity index is 261. The maximum absolute atomic E-state index is 12.1. The Morgan fingerprint density at radius 3 is 2.35 bits per heavy atom. The van der Waals surface area contributed by atoms with Crippen LogP contribution in [0.1, 0.15) is 51.4 Å². The summed E-state index contributed by atoms with van der Waals surface area (Å²) >= 11 is 0. The number of rotatable bonds is 4. The van der Waals surface area contributed by atoms with Crippen LogP contribution in [0.3, 0.4) is 0 Å². The summed E-state index contributed by atoms with van der Waals surface area (Å²) in [7, 11) is 1.99. The van der Waals surface area contributed by atoms with Gasteiger partial charge < -0.3 is 5.11 Å². The number of aliphatic hydroxyl groups is 1. The molecule has 2 rings (SSSR count). The lowest BCUT2D eigenvalue weighted by molar-refractivity contribution is -0.124. The number of likely N-dealkylation sites (N-methyl/N-ethyl adjacent to an activating group) is 1. The highest BCUT2D eigenvalue weighted by atomic mass is 16.3. The van der Waals surface area contributed by atoms with E-state index in [-0.39, 0.29) is 12.1 Å². The predicted octanol–water partition coefficient (Wildman–Crippen LogP) is 1.98. The van der Waals surface area contributed by atoms with Crippen molar-refractivity contribution in [3.05, 3.63) is 0 Å². The van der Waals surface area contributed by atoms with E-state index in [0.29, 0.717) is 18.2 Å². The Kier molecular flexibility index (Phi) is 4.57. The lowest BCUT2D eigenvalue weighted by Crippen LogP contribution is -2.46. The summed E-state index contributed by atoms with van der Waals surface area (Å²) in [6.07, 6.45) is 8.61. The highest BCUT2D eigenvalue weighted by Crippen LogP contribution is 2.27. The van der Waals surface area contributed by atoms with Gasteiger partial charge in [0.2, 0.25) is 0 Å². The Hall–Kier alpha value is -0.410. The predicted molar refractivity (Wildman–Crippen MR) is 67.9 cm³/mol. The van der Waals surface area contributed by atoms with Crippen LogP contribution in [-0.2, 0) is 4.79 Å². The molecule has 0 aromatic rings. The van der Waals surface area contributed by atoms with E-state index in [1.54, 1.807) is 0 Å². The van der Waals surface area contributed by atoms with Crippen LogP contribution < -0.4 is 0 Å². The van der Waals surface area contributed by atoms with Crippen molar-refractivity contribution in [3.63, 3.8) is 0 Å². The third-order valence-corrected chi connectivity index (χ3v) is 4.48. The summed E-state index contributed by atoms with van der Waals surface area (Å²) in [4.78, 5) is 14.2. The molecule has 2 atom stereocenters. The van der Waals surface area contributed by atoms with Crippen molar-refractivity contribution in [2.45, 2.75) is 63.5 Å². The van der Waals surface area contributed by atoms with Crippen LogP contribution in [0.25, 0.3) is 0 Å². The molecule has 0 spiro atoms. The molecule has 0 radical (unpaired) electrons. The van der Waals surface area contributed by atoms with Crippen LogP contribution in [0.5, 0.6) is 0 Å². The normalized spacial score (nSPS) is 31.0. The van der Waals surface area contributed by atoms with Gasteiger partial charge in [0.25, 0.3) is 0 Å². The quantitative estimate of drug-likeness (QED) is 0.815. The Labute approximate surface area is 104 Å². The molecule has 0 amide bonds. The minimum atomic E-state index is -0.231. The fourth-order valence-corrected chi connectivity index (χ4v) is 3.35.